The second-order valence-corrected chi connectivity index (χ2v) is 10.3. The summed E-state index contributed by atoms with van der Waals surface area (Å²) in [5.41, 5.74) is 1.11. The zero-order valence-electron chi connectivity index (χ0n) is 16.5. The normalized spacial score (nSPS) is 22.5. The third-order valence-electron chi connectivity index (χ3n) is 6.07. The minimum Gasteiger partial charge on any atom is -0.508 e. The molecule has 4 rings (SSSR count). The largest absolute Gasteiger partial charge is 0.508 e. The molecular weight excluding hydrogens is 430 g/mol. The van der Waals surface area contributed by atoms with Crippen LogP contribution in [-0.2, 0) is 25.5 Å². The highest BCUT2D eigenvalue weighted by atomic mass is 35.5. The van der Waals surface area contributed by atoms with Crippen LogP contribution in [0.2, 0.25) is 5.02 Å². The van der Waals surface area contributed by atoms with E-state index in [4.69, 9.17) is 15.8 Å². The fourth-order valence-corrected chi connectivity index (χ4v) is 6.11. The smallest absolute Gasteiger partial charge is 0.282 e. The summed E-state index contributed by atoms with van der Waals surface area (Å²) >= 11 is 6.38. The molecule has 1 fully saturated rings. The van der Waals surface area contributed by atoms with Crippen molar-refractivity contribution >= 4 is 21.7 Å². The predicted molar refractivity (Wildman–Crippen MR) is 112 cm³/mol. The van der Waals surface area contributed by atoms with Gasteiger partial charge in [0.1, 0.15) is 5.75 Å². The lowest BCUT2D eigenvalue weighted by Crippen LogP contribution is -2.47. The molecule has 7 nitrogen and oxygen atoms in total. The molecule has 1 heterocycles. The Bertz CT molecular complexity index is 1070. The molecule has 1 atom stereocenters. The molecule has 9 heteroatoms. The molecule has 1 saturated carbocycles. The van der Waals surface area contributed by atoms with Crippen molar-refractivity contribution < 1.29 is 27.9 Å². The van der Waals surface area contributed by atoms with Crippen molar-refractivity contribution in [3.05, 3.63) is 52.0 Å². The average Bonchev–Trinajstić information content (AvgIpc) is 3.54. The summed E-state index contributed by atoms with van der Waals surface area (Å²) < 4.78 is 30.4. The van der Waals surface area contributed by atoms with Crippen molar-refractivity contribution in [2.75, 3.05) is 26.7 Å². The molecule has 0 bridgehead atoms. The Morgan fingerprint density at radius 2 is 1.87 bits per heavy atom. The zero-order valence-corrected chi connectivity index (χ0v) is 18.1. The topological polar surface area (TPSA) is 107 Å². The highest BCUT2D eigenvalue weighted by Crippen LogP contribution is 2.49. The summed E-state index contributed by atoms with van der Waals surface area (Å²) in [6, 6.07) is 7.17. The lowest BCUT2D eigenvalue weighted by molar-refractivity contribution is 0.245. The molecule has 1 aliphatic carbocycles. The number of hydrogen-bond acceptors (Lipinski definition) is 7. The van der Waals surface area contributed by atoms with Gasteiger partial charge >= 0.3 is 0 Å². The van der Waals surface area contributed by atoms with Gasteiger partial charge in [0.25, 0.3) is 10.1 Å². The number of rotatable bonds is 5. The van der Waals surface area contributed by atoms with Crippen molar-refractivity contribution in [2.24, 2.45) is 5.92 Å². The first-order valence-corrected chi connectivity index (χ1v) is 11.5. The van der Waals surface area contributed by atoms with Crippen LogP contribution >= 0.6 is 11.6 Å². The molecule has 162 valence electrons. The van der Waals surface area contributed by atoms with Crippen LogP contribution in [0.15, 0.2) is 30.3 Å². The van der Waals surface area contributed by atoms with E-state index in [9.17, 15) is 23.7 Å². The Kier molecular flexibility index (Phi) is 5.38. The van der Waals surface area contributed by atoms with Crippen molar-refractivity contribution in [3.63, 3.8) is 0 Å². The van der Waals surface area contributed by atoms with Gasteiger partial charge in [-0.2, -0.15) is 8.42 Å². The summed E-state index contributed by atoms with van der Waals surface area (Å²) in [7, 11) is -3.15. The average molecular weight is 454 g/mol. The van der Waals surface area contributed by atoms with Crippen LogP contribution in [0.25, 0.3) is 0 Å². The lowest BCUT2D eigenvalue weighted by atomic mass is 9.86. The second kappa shape index (κ2) is 7.60. The minimum absolute atomic E-state index is 0.000942. The van der Waals surface area contributed by atoms with E-state index in [1.54, 1.807) is 0 Å². The van der Waals surface area contributed by atoms with Crippen LogP contribution < -0.4 is 0 Å². The molecule has 0 saturated heterocycles. The Hall–Kier alpha value is -2.00. The van der Waals surface area contributed by atoms with Crippen LogP contribution in [0.4, 0.5) is 0 Å². The van der Waals surface area contributed by atoms with E-state index in [1.807, 2.05) is 0 Å². The van der Waals surface area contributed by atoms with E-state index in [2.05, 4.69) is 4.90 Å². The van der Waals surface area contributed by atoms with Gasteiger partial charge in [0.15, 0.2) is 16.2 Å². The first kappa shape index (κ1) is 21.2. The van der Waals surface area contributed by atoms with Crippen LogP contribution in [0.1, 0.15) is 29.5 Å². The first-order chi connectivity index (χ1) is 14.2. The SMILES string of the molecule is COS(=O)(=O)C1(c2ccc(O)cc2)CN(CC2CC2)CCc2c1cc(O)c(O)c2Cl. The van der Waals surface area contributed by atoms with Crippen LogP contribution in [0.3, 0.4) is 0 Å². The summed E-state index contributed by atoms with van der Waals surface area (Å²) in [6.45, 7) is 1.38. The molecular formula is C21H24ClNO6S. The van der Waals surface area contributed by atoms with Crippen molar-refractivity contribution in [2.45, 2.75) is 24.0 Å². The highest BCUT2D eigenvalue weighted by molar-refractivity contribution is 7.88. The van der Waals surface area contributed by atoms with Gasteiger partial charge in [0.05, 0.1) is 12.1 Å². The maximum Gasteiger partial charge on any atom is 0.282 e. The molecule has 1 aliphatic heterocycles. The van der Waals surface area contributed by atoms with E-state index < -0.39 is 26.4 Å². The second-order valence-electron chi connectivity index (χ2n) is 8.01. The van der Waals surface area contributed by atoms with E-state index in [-0.39, 0.29) is 22.9 Å². The number of aromatic hydroxyl groups is 3. The van der Waals surface area contributed by atoms with E-state index in [1.165, 1.54) is 30.3 Å². The molecule has 2 aromatic carbocycles. The van der Waals surface area contributed by atoms with E-state index in [0.29, 0.717) is 30.0 Å². The lowest BCUT2D eigenvalue weighted by Gasteiger charge is -2.36. The van der Waals surface area contributed by atoms with E-state index >= 15 is 0 Å². The predicted octanol–water partition coefficient (Wildman–Crippen LogP) is 2.94. The molecule has 0 radical (unpaired) electrons. The molecule has 3 N–H and O–H groups in total. The van der Waals surface area contributed by atoms with Crippen molar-refractivity contribution in [3.8, 4) is 17.2 Å². The molecule has 0 aromatic heterocycles. The van der Waals surface area contributed by atoms with Crippen LogP contribution in [-0.4, -0.2) is 55.4 Å². The monoisotopic (exact) mass is 453 g/mol. The number of hydrogen-bond donors (Lipinski definition) is 3. The molecule has 2 aliphatic rings. The quantitative estimate of drug-likeness (QED) is 0.472. The van der Waals surface area contributed by atoms with Gasteiger partial charge in [-0.25, -0.2) is 0 Å². The Labute approximate surface area is 180 Å². The van der Waals surface area contributed by atoms with Gasteiger partial charge in [0, 0.05) is 19.6 Å². The molecule has 0 amide bonds. The van der Waals surface area contributed by atoms with Crippen molar-refractivity contribution in [1.29, 1.82) is 0 Å². The number of nitrogens with zero attached hydrogens (tertiary/aromatic N) is 1. The zero-order chi connectivity index (χ0) is 21.7. The number of halogens is 1. The fourth-order valence-electron chi connectivity index (χ4n) is 4.32. The highest BCUT2D eigenvalue weighted by Gasteiger charge is 2.52. The molecule has 2 aromatic rings. The number of benzene rings is 2. The van der Waals surface area contributed by atoms with Gasteiger partial charge in [-0.1, -0.05) is 23.7 Å². The van der Waals surface area contributed by atoms with Crippen LogP contribution in [0, 0.1) is 5.92 Å². The van der Waals surface area contributed by atoms with E-state index in [0.717, 1.165) is 26.5 Å². The van der Waals surface area contributed by atoms with Crippen LogP contribution in [0.5, 0.6) is 17.2 Å². The van der Waals surface area contributed by atoms with Crippen molar-refractivity contribution in [1.82, 2.24) is 4.90 Å². The third-order valence-corrected chi connectivity index (χ3v) is 8.36. The fraction of sp³-hybridized carbons (Fsp3) is 0.429. The van der Waals surface area contributed by atoms with Gasteiger partial charge in [-0.3, -0.25) is 4.18 Å². The van der Waals surface area contributed by atoms with Gasteiger partial charge in [0.2, 0.25) is 0 Å². The van der Waals surface area contributed by atoms with Gasteiger partial charge in [-0.05, 0) is 60.1 Å². The van der Waals surface area contributed by atoms with Gasteiger partial charge < -0.3 is 20.2 Å². The maximum absolute atomic E-state index is 13.5. The number of phenolic OH excluding ortho intramolecular Hbond substituents is 3. The molecule has 1 unspecified atom stereocenters. The minimum atomic E-state index is -4.25. The first-order valence-electron chi connectivity index (χ1n) is 9.75. The van der Waals surface area contributed by atoms with Gasteiger partial charge in [-0.15, -0.1) is 0 Å². The third kappa shape index (κ3) is 3.41. The Balaban J connectivity index is 2.04. The maximum atomic E-state index is 13.5. The molecule has 0 spiro atoms. The number of fused-ring (bicyclic) bond motifs is 1. The Morgan fingerprint density at radius 3 is 2.47 bits per heavy atom. The summed E-state index contributed by atoms with van der Waals surface area (Å²) in [4.78, 5) is 2.07. The summed E-state index contributed by atoms with van der Waals surface area (Å²) in [5.74, 6) is -0.449. The Morgan fingerprint density at radius 1 is 1.20 bits per heavy atom. The summed E-state index contributed by atoms with van der Waals surface area (Å²) in [5, 5.41) is 30.2. The molecule has 30 heavy (non-hydrogen) atoms. The summed E-state index contributed by atoms with van der Waals surface area (Å²) in [6.07, 6.45) is 2.62. The number of phenols is 3. The standard InChI is InChI=1S/C21H24ClNO6S/c1-29-30(27,28)21(14-4-6-15(24)7-5-14)12-23(11-13-2-3-13)9-8-16-17(21)10-18(25)20(26)19(16)22/h4-7,10,13,24-26H,2-3,8-9,11-12H2,1H3.